The minimum absolute atomic E-state index is 0.0336. The molecular weight excluding hydrogens is 315 g/mol. The van der Waals surface area contributed by atoms with Gasteiger partial charge in [-0.15, -0.1) is 0 Å². The third kappa shape index (κ3) is 4.39. The van der Waals surface area contributed by atoms with Crippen LogP contribution in [-0.4, -0.2) is 37.0 Å². The molecule has 3 rings (SSSR count). The highest BCUT2D eigenvalue weighted by Gasteiger charge is 2.16. The van der Waals surface area contributed by atoms with Gasteiger partial charge in [0.15, 0.2) is 5.76 Å². The Labute approximate surface area is 138 Å². The zero-order valence-electron chi connectivity index (χ0n) is 13.2. The predicted octanol–water partition coefficient (Wildman–Crippen LogP) is 2.29. The molecule has 1 aliphatic heterocycles. The molecule has 1 aliphatic rings. The van der Waals surface area contributed by atoms with Crippen molar-refractivity contribution in [3.05, 3.63) is 41.9 Å². The van der Waals surface area contributed by atoms with E-state index in [0.29, 0.717) is 23.6 Å². The zero-order chi connectivity index (χ0) is 16.8. The van der Waals surface area contributed by atoms with Crippen LogP contribution in [0.1, 0.15) is 18.6 Å². The van der Waals surface area contributed by atoms with Gasteiger partial charge >= 0.3 is 0 Å². The highest BCUT2D eigenvalue weighted by molar-refractivity contribution is 5.77. The summed E-state index contributed by atoms with van der Waals surface area (Å²) in [6, 6.07) is 7.91. The van der Waals surface area contributed by atoms with E-state index < -0.39 is 0 Å². The Balaban J connectivity index is 1.43. The van der Waals surface area contributed by atoms with E-state index in [1.165, 1.54) is 6.07 Å². The Hall–Kier alpha value is -2.25. The number of hydrogen-bond acceptors (Lipinski definition) is 5. The summed E-state index contributed by atoms with van der Waals surface area (Å²) in [5.74, 6) is -0.179. The maximum absolute atomic E-state index is 13.7. The lowest BCUT2D eigenvalue weighted by Gasteiger charge is -2.09. The number of amides is 1. The van der Waals surface area contributed by atoms with Gasteiger partial charge in [0.25, 0.3) is 0 Å². The van der Waals surface area contributed by atoms with Crippen LogP contribution in [0.2, 0.25) is 0 Å². The Bertz CT molecular complexity index is 683. The van der Waals surface area contributed by atoms with Crippen molar-refractivity contribution in [1.29, 1.82) is 0 Å². The number of carbonyl (C=O) groups excluding carboxylic acids is 1. The molecule has 0 spiro atoms. The van der Waals surface area contributed by atoms with Gasteiger partial charge in [-0.2, -0.15) is 0 Å². The number of nitrogens with one attached hydrogen (secondary N) is 1. The van der Waals surface area contributed by atoms with Crippen LogP contribution in [0.3, 0.4) is 0 Å². The fourth-order valence-corrected chi connectivity index (χ4v) is 2.49. The van der Waals surface area contributed by atoms with Crippen LogP contribution in [-0.2, 0) is 20.8 Å². The summed E-state index contributed by atoms with van der Waals surface area (Å²) in [5.41, 5.74) is 0.755. The van der Waals surface area contributed by atoms with Crippen molar-refractivity contribution in [2.24, 2.45) is 0 Å². The van der Waals surface area contributed by atoms with Crippen molar-refractivity contribution in [3.8, 4) is 11.3 Å². The number of nitrogens with zero attached hydrogens (tertiary/aromatic N) is 1. The summed E-state index contributed by atoms with van der Waals surface area (Å²) in [4.78, 5) is 11.7. The normalized spacial score (nSPS) is 17.1. The van der Waals surface area contributed by atoms with Gasteiger partial charge in [0.2, 0.25) is 5.91 Å². The van der Waals surface area contributed by atoms with E-state index in [0.717, 1.165) is 19.4 Å². The molecule has 1 fully saturated rings. The molecule has 1 unspecified atom stereocenters. The fourth-order valence-electron chi connectivity index (χ4n) is 2.49. The van der Waals surface area contributed by atoms with Crippen molar-refractivity contribution in [2.75, 3.05) is 19.8 Å². The van der Waals surface area contributed by atoms with Crippen molar-refractivity contribution in [1.82, 2.24) is 10.5 Å². The lowest BCUT2D eigenvalue weighted by atomic mass is 10.1. The van der Waals surface area contributed by atoms with Gasteiger partial charge in [0.1, 0.15) is 18.1 Å². The molecule has 7 heteroatoms. The lowest BCUT2D eigenvalue weighted by molar-refractivity contribution is -0.127. The van der Waals surface area contributed by atoms with Crippen molar-refractivity contribution in [2.45, 2.75) is 25.5 Å². The minimum atomic E-state index is -0.371. The SMILES string of the molecule is O=C(COCC1CCCO1)NCc1cc(-c2ccccc2F)no1. The highest BCUT2D eigenvalue weighted by atomic mass is 19.1. The third-order valence-electron chi connectivity index (χ3n) is 3.73. The number of ether oxygens (including phenoxy) is 2. The summed E-state index contributed by atoms with van der Waals surface area (Å²) >= 11 is 0. The zero-order valence-corrected chi connectivity index (χ0v) is 13.2. The number of benzene rings is 1. The Kier molecular flexibility index (Phi) is 5.55. The van der Waals surface area contributed by atoms with Crippen LogP contribution in [0.25, 0.3) is 11.3 Å². The largest absolute Gasteiger partial charge is 0.376 e. The van der Waals surface area contributed by atoms with Gasteiger partial charge in [-0.1, -0.05) is 17.3 Å². The van der Waals surface area contributed by atoms with Gasteiger partial charge in [0, 0.05) is 18.2 Å². The monoisotopic (exact) mass is 334 g/mol. The number of hydrogen-bond donors (Lipinski definition) is 1. The molecule has 1 aromatic heterocycles. The van der Waals surface area contributed by atoms with Gasteiger partial charge in [-0.05, 0) is 25.0 Å². The molecule has 128 valence electrons. The number of halogens is 1. The minimum Gasteiger partial charge on any atom is -0.376 e. The fraction of sp³-hybridized carbons (Fsp3) is 0.412. The molecule has 2 aromatic rings. The van der Waals surface area contributed by atoms with E-state index in [1.54, 1.807) is 24.3 Å². The molecule has 0 bridgehead atoms. The van der Waals surface area contributed by atoms with Crippen LogP contribution in [0, 0.1) is 5.82 Å². The van der Waals surface area contributed by atoms with E-state index >= 15 is 0 Å². The van der Waals surface area contributed by atoms with E-state index in [2.05, 4.69) is 10.5 Å². The average Bonchev–Trinajstić information content (AvgIpc) is 3.25. The summed E-state index contributed by atoms with van der Waals surface area (Å²) < 4.78 is 29.5. The first-order chi connectivity index (χ1) is 11.7. The molecule has 6 nitrogen and oxygen atoms in total. The maximum Gasteiger partial charge on any atom is 0.246 e. The predicted molar refractivity (Wildman–Crippen MR) is 83.5 cm³/mol. The van der Waals surface area contributed by atoms with E-state index in [4.69, 9.17) is 14.0 Å². The first-order valence-electron chi connectivity index (χ1n) is 7.89. The van der Waals surface area contributed by atoms with E-state index in [1.807, 2.05) is 0 Å². The van der Waals surface area contributed by atoms with Gasteiger partial charge in [-0.3, -0.25) is 4.79 Å². The quantitative estimate of drug-likeness (QED) is 0.841. The molecular formula is C17H19FN2O4. The van der Waals surface area contributed by atoms with Crippen molar-refractivity contribution < 1.29 is 23.2 Å². The van der Waals surface area contributed by atoms with Crippen LogP contribution in [0.4, 0.5) is 4.39 Å². The highest BCUT2D eigenvalue weighted by Crippen LogP contribution is 2.21. The summed E-state index contributed by atoms with van der Waals surface area (Å²) in [5, 5.41) is 6.50. The van der Waals surface area contributed by atoms with Crippen molar-refractivity contribution in [3.63, 3.8) is 0 Å². The molecule has 0 radical (unpaired) electrons. The Morgan fingerprint density at radius 3 is 3.08 bits per heavy atom. The first-order valence-corrected chi connectivity index (χ1v) is 7.89. The summed E-state index contributed by atoms with van der Waals surface area (Å²) in [6.07, 6.45) is 2.10. The molecule has 1 saturated heterocycles. The molecule has 1 amide bonds. The standard InChI is InChI=1S/C17H19FN2O4/c18-15-6-2-1-5-14(15)16-8-13(24-20-16)9-19-17(21)11-22-10-12-4-3-7-23-12/h1-2,5-6,8,12H,3-4,7,9-11H2,(H,19,21). The molecule has 1 aromatic carbocycles. The van der Waals surface area contributed by atoms with Crippen LogP contribution in [0.5, 0.6) is 0 Å². The third-order valence-corrected chi connectivity index (χ3v) is 3.73. The van der Waals surface area contributed by atoms with Crippen LogP contribution in [0.15, 0.2) is 34.9 Å². The summed E-state index contributed by atoms with van der Waals surface area (Å²) in [6.45, 7) is 1.32. The van der Waals surface area contributed by atoms with Crippen LogP contribution < -0.4 is 5.32 Å². The van der Waals surface area contributed by atoms with Crippen molar-refractivity contribution >= 4 is 5.91 Å². The number of carbonyl (C=O) groups is 1. The smallest absolute Gasteiger partial charge is 0.246 e. The number of aromatic nitrogens is 1. The average molecular weight is 334 g/mol. The second kappa shape index (κ2) is 8.03. The van der Waals surface area contributed by atoms with Gasteiger partial charge < -0.3 is 19.3 Å². The van der Waals surface area contributed by atoms with Gasteiger partial charge in [-0.25, -0.2) is 4.39 Å². The van der Waals surface area contributed by atoms with Crippen LogP contribution >= 0.6 is 0 Å². The Morgan fingerprint density at radius 2 is 2.29 bits per heavy atom. The first kappa shape index (κ1) is 16.6. The molecule has 1 atom stereocenters. The number of rotatable bonds is 7. The second-order valence-corrected chi connectivity index (χ2v) is 5.59. The molecule has 1 N–H and O–H groups in total. The summed E-state index contributed by atoms with van der Waals surface area (Å²) in [7, 11) is 0. The molecule has 2 heterocycles. The molecule has 0 saturated carbocycles. The Morgan fingerprint density at radius 1 is 1.42 bits per heavy atom. The van der Waals surface area contributed by atoms with E-state index in [-0.39, 0.29) is 31.0 Å². The lowest BCUT2D eigenvalue weighted by Crippen LogP contribution is -2.28. The molecule has 0 aliphatic carbocycles. The molecule has 24 heavy (non-hydrogen) atoms. The van der Waals surface area contributed by atoms with E-state index in [9.17, 15) is 9.18 Å². The topological polar surface area (TPSA) is 73.6 Å². The van der Waals surface area contributed by atoms with Gasteiger partial charge in [0.05, 0.1) is 19.3 Å². The second-order valence-electron chi connectivity index (χ2n) is 5.59. The maximum atomic E-state index is 13.7.